The van der Waals surface area contributed by atoms with Crippen LogP contribution < -0.4 is 10.8 Å². The van der Waals surface area contributed by atoms with E-state index in [0.29, 0.717) is 5.69 Å². The highest BCUT2D eigenvalue weighted by atomic mass is 16.5. The molecule has 0 bridgehead atoms. The van der Waals surface area contributed by atoms with Crippen molar-refractivity contribution in [2.75, 3.05) is 5.32 Å². The number of hydrogen-bond donors (Lipinski definition) is 3. The Bertz CT molecular complexity index is 643. The molecule has 2 aromatic carbocycles. The van der Waals surface area contributed by atoms with E-state index in [9.17, 15) is 9.59 Å². The molecule has 0 heterocycles. The second kappa shape index (κ2) is 6.87. The van der Waals surface area contributed by atoms with Crippen molar-refractivity contribution in [1.29, 1.82) is 0 Å². The van der Waals surface area contributed by atoms with E-state index in [2.05, 4.69) is 5.32 Å². The molecule has 0 aliphatic heterocycles. The molecular formula is C17H18N2O3. The molecule has 0 aliphatic rings. The summed E-state index contributed by atoms with van der Waals surface area (Å²) in [5, 5.41) is 11.7. The summed E-state index contributed by atoms with van der Waals surface area (Å²) in [4.78, 5) is 24.6. The largest absolute Gasteiger partial charge is 0.325 e. The molecule has 0 aromatic heterocycles. The van der Waals surface area contributed by atoms with Crippen molar-refractivity contribution in [3.63, 3.8) is 0 Å². The minimum absolute atomic E-state index is 0.179. The quantitative estimate of drug-likeness (QED) is 0.450. The molecule has 0 unspecified atom stereocenters. The van der Waals surface area contributed by atoms with E-state index >= 15 is 0 Å². The number of rotatable bonds is 5. The number of amides is 2. The van der Waals surface area contributed by atoms with Crippen LogP contribution in [0.1, 0.15) is 12.5 Å². The second-order valence-electron chi connectivity index (χ2n) is 5.26. The fourth-order valence-corrected chi connectivity index (χ4v) is 2.18. The van der Waals surface area contributed by atoms with Crippen molar-refractivity contribution in [3.05, 3.63) is 66.2 Å². The van der Waals surface area contributed by atoms with Gasteiger partial charge in [0.1, 0.15) is 5.41 Å². The minimum Gasteiger partial charge on any atom is -0.325 e. The summed E-state index contributed by atoms with van der Waals surface area (Å²) in [6, 6.07) is 18.1. The lowest BCUT2D eigenvalue weighted by atomic mass is 9.81. The van der Waals surface area contributed by atoms with Crippen molar-refractivity contribution >= 4 is 17.5 Å². The summed E-state index contributed by atoms with van der Waals surface area (Å²) in [6.07, 6.45) is 0.179. The minimum atomic E-state index is -1.42. The monoisotopic (exact) mass is 298 g/mol. The smallest absolute Gasteiger partial charge is 0.259 e. The van der Waals surface area contributed by atoms with Gasteiger partial charge in [0.2, 0.25) is 5.91 Å². The van der Waals surface area contributed by atoms with Crippen LogP contribution in [0.4, 0.5) is 5.69 Å². The Balaban J connectivity index is 2.25. The average molecular weight is 298 g/mol. The molecule has 2 amide bonds. The molecule has 1 atom stereocenters. The molecule has 5 nitrogen and oxygen atoms in total. The van der Waals surface area contributed by atoms with Gasteiger partial charge in [-0.05, 0) is 31.0 Å². The summed E-state index contributed by atoms with van der Waals surface area (Å²) in [5.74, 6) is -1.22. The third kappa shape index (κ3) is 3.51. The van der Waals surface area contributed by atoms with Crippen LogP contribution in [0.25, 0.3) is 0 Å². The van der Waals surface area contributed by atoms with E-state index in [0.717, 1.165) is 5.56 Å². The number of carbonyl (C=O) groups excluding carboxylic acids is 2. The first-order chi connectivity index (χ1) is 10.6. The molecule has 2 aromatic rings. The lowest BCUT2D eigenvalue weighted by Gasteiger charge is -2.26. The maximum Gasteiger partial charge on any atom is 0.259 e. The molecule has 22 heavy (non-hydrogen) atoms. The Morgan fingerprint density at radius 1 is 0.955 bits per heavy atom. The van der Waals surface area contributed by atoms with Crippen LogP contribution in [-0.2, 0) is 16.0 Å². The number of nitrogens with one attached hydrogen (secondary N) is 2. The predicted octanol–water partition coefficient (Wildman–Crippen LogP) is 2.38. The van der Waals surface area contributed by atoms with E-state index in [1.807, 2.05) is 36.4 Å². The number of benzene rings is 2. The van der Waals surface area contributed by atoms with Gasteiger partial charge >= 0.3 is 0 Å². The number of para-hydroxylation sites is 1. The fraction of sp³-hybridized carbons (Fsp3) is 0.176. The molecule has 0 fully saturated rings. The van der Waals surface area contributed by atoms with Gasteiger partial charge in [0.05, 0.1) is 0 Å². The van der Waals surface area contributed by atoms with E-state index in [1.54, 1.807) is 29.7 Å². The second-order valence-corrected chi connectivity index (χ2v) is 5.26. The Kier molecular flexibility index (Phi) is 4.91. The number of anilines is 1. The van der Waals surface area contributed by atoms with Crippen molar-refractivity contribution in [1.82, 2.24) is 5.48 Å². The topological polar surface area (TPSA) is 78.4 Å². The summed E-state index contributed by atoms with van der Waals surface area (Å²) in [6.45, 7) is 1.50. The molecule has 0 radical (unpaired) electrons. The van der Waals surface area contributed by atoms with E-state index in [-0.39, 0.29) is 6.42 Å². The zero-order chi connectivity index (χ0) is 16.0. The third-order valence-corrected chi connectivity index (χ3v) is 3.54. The van der Waals surface area contributed by atoms with Gasteiger partial charge in [0, 0.05) is 5.69 Å². The van der Waals surface area contributed by atoms with Crippen LogP contribution in [0.5, 0.6) is 0 Å². The number of hydrogen-bond acceptors (Lipinski definition) is 3. The maximum absolute atomic E-state index is 12.6. The summed E-state index contributed by atoms with van der Waals surface area (Å²) in [5.41, 5.74) is 1.59. The zero-order valence-corrected chi connectivity index (χ0v) is 12.2. The first-order valence-corrected chi connectivity index (χ1v) is 6.91. The molecule has 0 saturated carbocycles. The van der Waals surface area contributed by atoms with Gasteiger partial charge in [-0.25, -0.2) is 5.48 Å². The van der Waals surface area contributed by atoms with Crippen molar-refractivity contribution in [3.8, 4) is 0 Å². The summed E-state index contributed by atoms with van der Waals surface area (Å²) < 4.78 is 0. The molecule has 2 rings (SSSR count). The highest BCUT2D eigenvalue weighted by Gasteiger charge is 2.41. The summed E-state index contributed by atoms with van der Waals surface area (Å²) >= 11 is 0. The molecule has 114 valence electrons. The van der Waals surface area contributed by atoms with Gasteiger partial charge < -0.3 is 5.32 Å². The molecule has 5 heteroatoms. The van der Waals surface area contributed by atoms with E-state index in [1.165, 1.54) is 6.92 Å². The van der Waals surface area contributed by atoms with Crippen LogP contribution >= 0.6 is 0 Å². The van der Waals surface area contributed by atoms with Gasteiger partial charge in [-0.2, -0.15) is 0 Å². The van der Waals surface area contributed by atoms with Gasteiger partial charge in [0.15, 0.2) is 0 Å². The van der Waals surface area contributed by atoms with Crippen LogP contribution in [0.3, 0.4) is 0 Å². The first-order valence-electron chi connectivity index (χ1n) is 6.91. The van der Waals surface area contributed by atoms with Crippen molar-refractivity contribution in [2.45, 2.75) is 13.3 Å². The Labute approximate surface area is 128 Å². The lowest BCUT2D eigenvalue weighted by molar-refractivity contribution is -0.145. The van der Waals surface area contributed by atoms with Gasteiger partial charge in [-0.15, -0.1) is 0 Å². The van der Waals surface area contributed by atoms with Gasteiger partial charge in [-0.1, -0.05) is 48.5 Å². The van der Waals surface area contributed by atoms with Gasteiger partial charge in [0.25, 0.3) is 5.91 Å². The maximum atomic E-state index is 12.6. The SMILES string of the molecule is C[C@@](Cc1ccccc1)(C(=O)NO)C(=O)Nc1ccccc1. The molecule has 0 saturated heterocycles. The molecular weight excluding hydrogens is 280 g/mol. The van der Waals surface area contributed by atoms with Crippen LogP contribution in [-0.4, -0.2) is 17.0 Å². The highest BCUT2D eigenvalue weighted by molar-refractivity contribution is 6.10. The number of carbonyl (C=O) groups is 2. The average Bonchev–Trinajstić information content (AvgIpc) is 2.55. The van der Waals surface area contributed by atoms with Crippen molar-refractivity contribution < 1.29 is 14.8 Å². The molecule has 3 N–H and O–H groups in total. The van der Waals surface area contributed by atoms with Crippen molar-refractivity contribution in [2.24, 2.45) is 5.41 Å². The Morgan fingerprint density at radius 2 is 1.50 bits per heavy atom. The standard InChI is InChI=1S/C17H18N2O3/c1-17(16(21)19-22,12-13-8-4-2-5-9-13)15(20)18-14-10-6-3-7-11-14/h2-11,22H,12H2,1H3,(H,18,20)(H,19,21)/t17-/m0/s1. The van der Waals surface area contributed by atoms with E-state index in [4.69, 9.17) is 5.21 Å². The third-order valence-electron chi connectivity index (χ3n) is 3.54. The van der Waals surface area contributed by atoms with Crippen LogP contribution in [0.15, 0.2) is 60.7 Å². The lowest BCUT2D eigenvalue weighted by Crippen LogP contribution is -2.47. The Morgan fingerprint density at radius 3 is 2.05 bits per heavy atom. The Hall–Kier alpha value is -2.66. The van der Waals surface area contributed by atoms with Crippen LogP contribution in [0.2, 0.25) is 0 Å². The molecule has 0 aliphatic carbocycles. The predicted molar refractivity (Wildman–Crippen MR) is 83.3 cm³/mol. The fourth-order valence-electron chi connectivity index (χ4n) is 2.18. The highest BCUT2D eigenvalue weighted by Crippen LogP contribution is 2.25. The van der Waals surface area contributed by atoms with Gasteiger partial charge in [-0.3, -0.25) is 14.8 Å². The summed E-state index contributed by atoms with van der Waals surface area (Å²) in [7, 11) is 0. The first kappa shape index (κ1) is 15.7. The molecule has 0 spiro atoms. The zero-order valence-electron chi connectivity index (χ0n) is 12.2. The normalized spacial score (nSPS) is 13.0. The van der Waals surface area contributed by atoms with E-state index < -0.39 is 17.2 Å². The van der Waals surface area contributed by atoms with Crippen LogP contribution in [0, 0.1) is 5.41 Å². The number of hydroxylamine groups is 1.